The number of imidazole rings is 1. The highest BCUT2D eigenvalue weighted by molar-refractivity contribution is 5.92. The molecule has 0 unspecified atom stereocenters. The number of hydrogen-bond acceptors (Lipinski definition) is 6. The maximum atomic E-state index is 12.8. The topological polar surface area (TPSA) is 89.4 Å². The predicted octanol–water partition coefficient (Wildman–Crippen LogP) is 1.69. The number of nitrogens with zero attached hydrogens (tertiary/aromatic N) is 6. The third kappa shape index (κ3) is 2.64. The first-order valence-electron chi connectivity index (χ1n) is 8.16. The minimum atomic E-state index is -0.0793. The SMILES string of the molecule is CCc1nc([C@H]2CCCN(C(=O)c3cn4cccnc4n3)C2)no1. The highest BCUT2D eigenvalue weighted by Gasteiger charge is 2.29. The van der Waals surface area contributed by atoms with Gasteiger partial charge in [-0.05, 0) is 18.9 Å². The summed E-state index contributed by atoms with van der Waals surface area (Å²) >= 11 is 0. The number of aryl methyl sites for hydroxylation is 1. The van der Waals surface area contributed by atoms with Crippen LogP contribution in [0.25, 0.3) is 5.78 Å². The predicted molar refractivity (Wildman–Crippen MR) is 84.5 cm³/mol. The van der Waals surface area contributed by atoms with E-state index in [1.165, 1.54) is 0 Å². The zero-order valence-electron chi connectivity index (χ0n) is 13.4. The van der Waals surface area contributed by atoms with Gasteiger partial charge in [-0.3, -0.25) is 9.20 Å². The van der Waals surface area contributed by atoms with Gasteiger partial charge in [0.05, 0.1) is 0 Å². The van der Waals surface area contributed by atoms with Crippen LogP contribution in [0, 0.1) is 0 Å². The molecule has 1 aliphatic rings. The molecule has 0 N–H and O–H groups in total. The normalized spacial score (nSPS) is 18.2. The van der Waals surface area contributed by atoms with Crippen LogP contribution in [0.3, 0.4) is 0 Å². The average molecular weight is 326 g/mol. The van der Waals surface area contributed by atoms with Gasteiger partial charge in [0.1, 0.15) is 5.69 Å². The third-order valence-corrected chi connectivity index (χ3v) is 4.31. The van der Waals surface area contributed by atoms with Crippen LogP contribution < -0.4 is 0 Å². The van der Waals surface area contributed by atoms with Gasteiger partial charge in [0.25, 0.3) is 5.91 Å². The summed E-state index contributed by atoms with van der Waals surface area (Å²) in [5.41, 5.74) is 0.414. The quantitative estimate of drug-likeness (QED) is 0.727. The molecule has 1 amide bonds. The molecule has 3 aromatic rings. The number of rotatable bonds is 3. The van der Waals surface area contributed by atoms with E-state index in [1.54, 1.807) is 22.9 Å². The van der Waals surface area contributed by atoms with Crippen LogP contribution in [0.2, 0.25) is 0 Å². The summed E-state index contributed by atoms with van der Waals surface area (Å²) in [5, 5.41) is 4.06. The van der Waals surface area contributed by atoms with Crippen LogP contribution in [0.5, 0.6) is 0 Å². The first kappa shape index (κ1) is 14.8. The molecule has 0 spiro atoms. The zero-order valence-corrected chi connectivity index (χ0v) is 13.4. The number of fused-ring (bicyclic) bond motifs is 1. The molecule has 0 bridgehead atoms. The largest absolute Gasteiger partial charge is 0.339 e. The second kappa shape index (κ2) is 6.03. The van der Waals surface area contributed by atoms with Gasteiger partial charge in [0.15, 0.2) is 5.82 Å². The Morgan fingerprint density at radius 2 is 2.33 bits per heavy atom. The van der Waals surface area contributed by atoms with E-state index in [1.807, 2.05) is 18.0 Å². The Kier molecular flexibility index (Phi) is 3.72. The molecule has 4 heterocycles. The van der Waals surface area contributed by atoms with Gasteiger partial charge in [-0.15, -0.1) is 0 Å². The van der Waals surface area contributed by atoms with E-state index < -0.39 is 0 Å². The van der Waals surface area contributed by atoms with Crippen molar-refractivity contribution in [2.75, 3.05) is 13.1 Å². The molecule has 24 heavy (non-hydrogen) atoms. The first-order valence-corrected chi connectivity index (χ1v) is 8.16. The molecule has 8 nitrogen and oxygen atoms in total. The lowest BCUT2D eigenvalue weighted by Gasteiger charge is -2.30. The van der Waals surface area contributed by atoms with E-state index in [-0.39, 0.29) is 11.8 Å². The fraction of sp³-hybridized carbons (Fsp3) is 0.438. The lowest BCUT2D eigenvalue weighted by molar-refractivity contribution is 0.0698. The van der Waals surface area contributed by atoms with Crippen LogP contribution in [0.15, 0.2) is 29.2 Å². The van der Waals surface area contributed by atoms with Crippen molar-refractivity contribution in [2.24, 2.45) is 0 Å². The summed E-state index contributed by atoms with van der Waals surface area (Å²) in [6.07, 6.45) is 7.80. The lowest BCUT2D eigenvalue weighted by Crippen LogP contribution is -2.39. The number of piperidine rings is 1. The minimum absolute atomic E-state index is 0.0793. The van der Waals surface area contributed by atoms with E-state index in [0.29, 0.717) is 29.7 Å². The van der Waals surface area contributed by atoms with Crippen molar-refractivity contribution in [2.45, 2.75) is 32.1 Å². The fourth-order valence-corrected chi connectivity index (χ4v) is 3.04. The van der Waals surface area contributed by atoms with Gasteiger partial charge in [-0.1, -0.05) is 12.1 Å². The van der Waals surface area contributed by atoms with Crippen LogP contribution in [-0.4, -0.2) is 48.4 Å². The molecule has 0 aromatic carbocycles. The number of carbonyl (C=O) groups excluding carboxylic acids is 1. The smallest absolute Gasteiger partial charge is 0.274 e. The van der Waals surface area contributed by atoms with Crippen LogP contribution in [0.4, 0.5) is 0 Å². The van der Waals surface area contributed by atoms with Crippen molar-refractivity contribution in [3.05, 3.63) is 42.1 Å². The summed E-state index contributed by atoms with van der Waals surface area (Å²) in [6, 6.07) is 1.81. The van der Waals surface area contributed by atoms with E-state index >= 15 is 0 Å². The summed E-state index contributed by atoms with van der Waals surface area (Å²) in [6.45, 7) is 3.28. The second-order valence-corrected chi connectivity index (χ2v) is 5.94. The lowest BCUT2D eigenvalue weighted by atomic mass is 9.97. The van der Waals surface area contributed by atoms with Crippen molar-refractivity contribution >= 4 is 11.7 Å². The molecule has 1 atom stereocenters. The monoisotopic (exact) mass is 326 g/mol. The minimum Gasteiger partial charge on any atom is -0.339 e. The van der Waals surface area contributed by atoms with Gasteiger partial charge >= 0.3 is 0 Å². The number of likely N-dealkylation sites (tertiary alicyclic amines) is 1. The van der Waals surface area contributed by atoms with Crippen molar-refractivity contribution in [3.63, 3.8) is 0 Å². The summed E-state index contributed by atoms with van der Waals surface area (Å²) < 4.78 is 6.95. The molecule has 0 aliphatic carbocycles. The molecular formula is C16H18N6O2. The van der Waals surface area contributed by atoms with Crippen LogP contribution in [0.1, 0.15) is 47.9 Å². The Morgan fingerprint density at radius 3 is 3.12 bits per heavy atom. The molecule has 4 rings (SSSR count). The van der Waals surface area contributed by atoms with Crippen molar-refractivity contribution in [1.82, 2.24) is 29.4 Å². The van der Waals surface area contributed by atoms with E-state index in [9.17, 15) is 4.79 Å². The molecule has 0 radical (unpaired) electrons. The highest BCUT2D eigenvalue weighted by Crippen LogP contribution is 2.26. The number of aromatic nitrogens is 5. The zero-order chi connectivity index (χ0) is 16.5. The maximum Gasteiger partial charge on any atom is 0.274 e. The Morgan fingerprint density at radius 1 is 1.42 bits per heavy atom. The fourth-order valence-electron chi connectivity index (χ4n) is 3.04. The molecule has 1 fully saturated rings. The Bertz CT molecular complexity index is 837. The standard InChI is InChI=1S/C16H18N6O2/c1-2-13-19-14(20-24-13)11-5-3-7-21(9-11)15(23)12-10-22-8-4-6-17-16(22)18-12/h4,6,8,10-11H,2-3,5,7,9H2,1H3/t11-/m0/s1. The molecule has 124 valence electrons. The molecule has 1 saturated heterocycles. The van der Waals surface area contributed by atoms with E-state index in [4.69, 9.17) is 4.52 Å². The molecule has 3 aromatic heterocycles. The van der Waals surface area contributed by atoms with Gasteiger partial charge in [0.2, 0.25) is 11.7 Å². The average Bonchev–Trinajstić information content (AvgIpc) is 3.27. The highest BCUT2D eigenvalue weighted by atomic mass is 16.5. The van der Waals surface area contributed by atoms with Crippen LogP contribution >= 0.6 is 0 Å². The Balaban J connectivity index is 1.53. The molecule has 8 heteroatoms. The number of carbonyl (C=O) groups is 1. The molecule has 1 aliphatic heterocycles. The molecule has 0 saturated carbocycles. The van der Waals surface area contributed by atoms with Crippen LogP contribution in [-0.2, 0) is 6.42 Å². The summed E-state index contributed by atoms with van der Waals surface area (Å²) in [5.74, 6) is 1.90. The van der Waals surface area contributed by atoms with E-state index in [2.05, 4.69) is 20.1 Å². The van der Waals surface area contributed by atoms with Crippen molar-refractivity contribution < 1.29 is 9.32 Å². The molecular weight excluding hydrogens is 308 g/mol. The Labute approximate surface area is 138 Å². The van der Waals surface area contributed by atoms with E-state index in [0.717, 1.165) is 25.8 Å². The number of hydrogen-bond donors (Lipinski definition) is 0. The van der Waals surface area contributed by atoms with Crippen molar-refractivity contribution in [3.8, 4) is 0 Å². The van der Waals surface area contributed by atoms with Gasteiger partial charge in [-0.2, -0.15) is 4.98 Å². The number of amides is 1. The van der Waals surface area contributed by atoms with Gasteiger partial charge < -0.3 is 9.42 Å². The van der Waals surface area contributed by atoms with Crippen molar-refractivity contribution in [1.29, 1.82) is 0 Å². The third-order valence-electron chi connectivity index (χ3n) is 4.31. The summed E-state index contributed by atoms with van der Waals surface area (Å²) in [4.78, 5) is 27.5. The second-order valence-electron chi connectivity index (χ2n) is 5.94. The summed E-state index contributed by atoms with van der Waals surface area (Å²) in [7, 11) is 0. The first-order chi connectivity index (χ1) is 11.7. The van der Waals surface area contributed by atoms with Gasteiger partial charge in [-0.25, -0.2) is 9.97 Å². The van der Waals surface area contributed by atoms with Gasteiger partial charge in [0, 0.05) is 44.0 Å². The Hall–Kier alpha value is -2.77. The maximum absolute atomic E-state index is 12.8.